The number of hydrogen-bond acceptors (Lipinski definition) is 6. The Kier molecular flexibility index (Phi) is 6.25. The molecule has 5 aliphatic rings. The number of carbonyl (C=O) groups excluding carboxylic acids is 5. The van der Waals surface area contributed by atoms with Gasteiger partial charge in [0.05, 0.1) is 46.0 Å². The molecule has 4 atom stereocenters. The lowest BCUT2D eigenvalue weighted by Gasteiger charge is -2.59. The van der Waals surface area contributed by atoms with Gasteiger partial charge >= 0.3 is 5.97 Å². The summed E-state index contributed by atoms with van der Waals surface area (Å²) >= 11 is 3.83. The second-order valence-corrected chi connectivity index (χ2v) is 13.6. The lowest BCUT2D eigenvalue weighted by Crippen LogP contribution is -2.67. The Bertz CT molecular complexity index is 1580. The number of anilines is 2. The molecule has 42 heavy (non-hydrogen) atoms. The zero-order valence-electron chi connectivity index (χ0n) is 24.7. The van der Waals surface area contributed by atoms with Gasteiger partial charge in [0.1, 0.15) is 0 Å². The largest absolute Gasteiger partial charge is 0.463 e. The Labute approximate surface area is 253 Å². The molecule has 0 spiro atoms. The number of carbonyl (C=O) groups is 5. The molecule has 2 aromatic rings. The number of imide groups is 2. The molecule has 2 heterocycles. The molecule has 0 aromatic heterocycles. The first-order valence-electron chi connectivity index (χ1n) is 14.2. The summed E-state index contributed by atoms with van der Waals surface area (Å²) in [5, 5.41) is 0. The Morgan fingerprint density at radius 3 is 1.55 bits per heavy atom. The van der Waals surface area contributed by atoms with E-state index in [0.717, 1.165) is 22.3 Å². The number of benzene rings is 2. The summed E-state index contributed by atoms with van der Waals surface area (Å²) in [6.07, 6.45) is 0. The van der Waals surface area contributed by atoms with E-state index in [1.165, 1.54) is 9.80 Å². The maximum atomic E-state index is 14.5. The van der Waals surface area contributed by atoms with Crippen molar-refractivity contribution in [3.05, 3.63) is 69.8 Å². The number of esters is 1. The highest BCUT2D eigenvalue weighted by Crippen LogP contribution is 2.72. The fraction of sp³-hybridized carbons (Fsp3) is 0.424. The number of ether oxygens (including phenoxy) is 1. The van der Waals surface area contributed by atoms with Gasteiger partial charge in [0, 0.05) is 11.0 Å². The van der Waals surface area contributed by atoms with Crippen LogP contribution in [0, 0.1) is 56.8 Å². The van der Waals surface area contributed by atoms with Crippen molar-refractivity contribution in [2.24, 2.45) is 29.1 Å². The normalized spacial score (nSPS) is 31.7. The maximum Gasteiger partial charge on any atom is 0.334 e. The zero-order chi connectivity index (χ0) is 30.6. The summed E-state index contributed by atoms with van der Waals surface area (Å²) in [6, 6.07) is 11.0. The molecule has 8 nitrogen and oxygen atoms in total. The second kappa shape index (κ2) is 9.20. The molecule has 3 fully saturated rings. The monoisotopic (exact) mass is 632 g/mol. The van der Waals surface area contributed by atoms with Gasteiger partial charge in [-0.05, 0) is 70.4 Å². The number of alkyl halides is 1. The van der Waals surface area contributed by atoms with Gasteiger partial charge in [-0.2, -0.15) is 0 Å². The molecule has 3 aliphatic carbocycles. The van der Waals surface area contributed by atoms with Crippen LogP contribution in [0.1, 0.15) is 43.0 Å². The second-order valence-electron chi connectivity index (χ2n) is 12.3. The van der Waals surface area contributed by atoms with Gasteiger partial charge in [-0.1, -0.05) is 58.2 Å². The molecular weight excluding hydrogens is 600 g/mol. The van der Waals surface area contributed by atoms with E-state index in [9.17, 15) is 24.0 Å². The summed E-state index contributed by atoms with van der Waals surface area (Å²) in [5.74, 6) is -6.67. The first kappa shape index (κ1) is 28.5. The molecule has 2 bridgehead atoms. The van der Waals surface area contributed by atoms with Crippen molar-refractivity contribution < 1.29 is 28.7 Å². The molecule has 9 heteroatoms. The van der Waals surface area contributed by atoms with Crippen LogP contribution in [0.2, 0.25) is 0 Å². The van der Waals surface area contributed by atoms with E-state index >= 15 is 0 Å². The van der Waals surface area contributed by atoms with Crippen LogP contribution in [0.3, 0.4) is 0 Å². The van der Waals surface area contributed by atoms with E-state index in [1.54, 1.807) is 32.9 Å². The molecule has 4 unspecified atom stereocenters. The molecule has 218 valence electrons. The number of rotatable bonds is 4. The average Bonchev–Trinajstić information content (AvgIpc) is 3.34. The predicted molar refractivity (Wildman–Crippen MR) is 160 cm³/mol. The minimum atomic E-state index is -1.47. The summed E-state index contributed by atoms with van der Waals surface area (Å²) in [5.41, 5.74) is 3.56. The standard InChI is InChI=1S/C33H33BrN2O6/c1-8-42-31(41)22-19(6)33(34)25-23(27(37)35(29(25)39)20-11-9-15(2)13-17(20)4)32(22,7)24-26(33)30(40)36(28(24)38)21-12-10-16(3)14-18(21)5/h9-14,23-26H,8H2,1-7H3. The highest BCUT2D eigenvalue weighted by atomic mass is 79.9. The van der Waals surface area contributed by atoms with E-state index in [1.807, 2.05) is 52.0 Å². The number of aryl methyl sites for hydroxylation is 4. The summed E-state index contributed by atoms with van der Waals surface area (Å²) < 4.78 is 4.03. The van der Waals surface area contributed by atoms with Gasteiger partial charge in [0.25, 0.3) is 0 Å². The third kappa shape index (κ3) is 3.31. The maximum absolute atomic E-state index is 14.5. The number of halogens is 1. The third-order valence-electron chi connectivity index (χ3n) is 9.96. The molecule has 4 amide bonds. The van der Waals surface area contributed by atoms with Gasteiger partial charge in [-0.15, -0.1) is 0 Å². The number of nitrogens with zero attached hydrogens (tertiary/aromatic N) is 2. The SMILES string of the molecule is CCOC(=O)C1=C(C)C2(Br)C3C(=O)N(c4ccc(C)cc4C)C(=O)C3C1(C)C1C(=O)N(c3ccc(C)cc3C)C(=O)C12. The Morgan fingerprint density at radius 1 is 0.762 bits per heavy atom. The van der Waals surface area contributed by atoms with Crippen molar-refractivity contribution in [1.29, 1.82) is 0 Å². The molecule has 0 N–H and O–H groups in total. The van der Waals surface area contributed by atoms with Gasteiger partial charge in [-0.25, -0.2) is 14.6 Å². The zero-order valence-corrected chi connectivity index (χ0v) is 26.3. The van der Waals surface area contributed by atoms with Gasteiger partial charge in [-0.3, -0.25) is 19.2 Å². The lowest BCUT2D eigenvalue weighted by molar-refractivity contribution is -0.152. The van der Waals surface area contributed by atoms with Crippen molar-refractivity contribution >= 4 is 56.9 Å². The predicted octanol–water partition coefficient (Wildman–Crippen LogP) is 4.88. The Hall–Kier alpha value is -3.59. The smallest absolute Gasteiger partial charge is 0.334 e. The first-order chi connectivity index (χ1) is 19.7. The summed E-state index contributed by atoms with van der Waals surface area (Å²) in [6.45, 7) is 12.7. The van der Waals surface area contributed by atoms with E-state index in [2.05, 4.69) is 15.9 Å². The molecule has 0 radical (unpaired) electrons. The van der Waals surface area contributed by atoms with Crippen LogP contribution in [0.15, 0.2) is 47.5 Å². The van der Waals surface area contributed by atoms with Gasteiger partial charge in [0.15, 0.2) is 0 Å². The highest BCUT2D eigenvalue weighted by molar-refractivity contribution is 9.10. The number of hydrogen-bond donors (Lipinski definition) is 0. The summed E-state index contributed by atoms with van der Waals surface area (Å²) in [4.78, 5) is 73.8. The van der Waals surface area contributed by atoms with Crippen LogP contribution >= 0.6 is 15.9 Å². The Morgan fingerprint density at radius 2 is 1.17 bits per heavy atom. The first-order valence-corrected chi connectivity index (χ1v) is 15.0. The van der Waals surface area contributed by atoms with E-state index in [0.29, 0.717) is 16.9 Å². The van der Waals surface area contributed by atoms with Crippen molar-refractivity contribution in [1.82, 2.24) is 0 Å². The van der Waals surface area contributed by atoms with Crippen molar-refractivity contribution in [3.8, 4) is 0 Å². The fourth-order valence-corrected chi connectivity index (χ4v) is 9.44. The van der Waals surface area contributed by atoms with Crippen molar-refractivity contribution in [2.75, 3.05) is 16.4 Å². The van der Waals surface area contributed by atoms with Crippen LogP contribution < -0.4 is 9.80 Å². The average molecular weight is 634 g/mol. The molecule has 2 aliphatic heterocycles. The van der Waals surface area contributed by atoms with Gasteiger partial charge in [0.2, 0.25) is 23.6 Å². The molecule has 2 saturated heterocycles. The van der Waals surface area contributed by atoms with Crippen molar-refractivity contribution in [3.63, 3.8) is 0 Å². The van der Waals surface area contributed by atoms with E-state index in [-0.39, 0.29) is 12.2 Å². The fourth-order valence-electron chi connectivity index (χ4n) is 8.32. The van der Waals surface area contributed by atoms with Crippen LogP contribution in [0.25, 0.3) is 0 Å². The minimum Gasteiger partial charge on any atom is -0.463 e. The van der Waals surface area contributed by atoms with Crippen LogP contribution in [-0.4, -0.2) is 40.5 Å². The molecule has 7 rings (SSSR count). The third-order valence-corrected chi connectivity index (χ3v) is 11.5. The van der Waals surface area contributed by atoms with Crippen LogP contribution in [-0.2, 0) is 28.7 Å². The van der Waals surface area contributed by atoms with Crippen molar-refractivity contribution in [2.45, 2.75) is 52.8 Å². The van der Waals surface area contributed by atoms with E-state index < -0.39 is 63.0 Å². The summed E-state index contributed by atoms with van der Waals surface area (Å²) in [7, 11) is 0. The highest BCUT2D eigenvalue weighted by Gasteiger charge is 2.81. The van der Waals surface area contributed by atoms with Crippen LogP contribution in [0.5, 0.6) is 0 Å². The quantitative estimate of drug-likeness (QED) is 0.271. The topological polar surface area (TPSA) is 101 Å². The van der Waals surface area contributed by atoms with E-state index in [4.69, 9.17) is 4.74 Å². The Balaban J connectivity index is 1.60. The molecular formula is C33H33BrN2O6. The molecule has 1 saturated carbocycles. The van der Waals surface area contributed by atoms with Crippen LogP contribution in [0.4, 0.5) is 11.4 Å². The van der Waals surface area contributed by atoms with Gasteiger partial charge < -0.3 is 4.74 Å². The minimum absolute atomic E-state index is 0.0896. The number of allylic oxidation sites excluding steroid dienone is 1. The number of amides is 4. The molecule has 2 aromatic carbocycles. The lowest BCUT2D eigenvalue weighted by atomic mass is 9.43.